The van der Waals surface area contributed by atoms with Gasteiger partial charge in [0.25, 0.3) is 5.56 Å². The molecule has 4 N–H and O–H groups in total. The Hall–Kier alpha value is -6.16. The summed E-state index contributed by atoms with van der Waals surface area (Å²) in [5.41, 5.74) is 1.43. The predicted molar refractivity (Wildman–Crippen MR) is 234 cm³/mol. The number of hydrogen-bond acceptors (Lipinski definition) is 13. The monoisotopic (exact) mass is 911 g/mol. The molecule has 0 radical (unpaired) electrons. The molecule has 17 nitrogen and oxygen atoms in total. The Labute approximate surface area is 379 Å². The van der Waals surface area contributed by atoms with Crippen molar-refractivity contribution in [2.24, 2.45) is 0 Å². The number of cyclic esters (lactones) is 1. The fourth-order valence-electron chi connectivity index (χ4n) is 8.91. The lowest BCUT2D eigenvalue weighted by molar-refractivity contribution is -0.172. The number of fused-ring (bicyclic) bond motifs is 5. The highest BCUT2D eigenvalue weighted by Crippen LogP contribution is 2.46. The molecule has 7 rings (SSSR count). The minimum absolute atomic E-state index is 0.0318. The molecule has 0 fully saturated rings. The second-order valence-corrected chi connectivity index (χ2v) is 17.2. The van der Waals surface area contributed by atoms with Crippen LogP contribution in [0.25, 0.3) is 22.3 Å². The van der Waals surface area contributed by atoms with Crippen LogP contribution in [0.5, 0.6) is 0 Å². The van der Waals surface area contributed by atoms with E-state index in [1.165, 1.54) is 10.6 Å². The summed E-state index contributed by atoms with van der Waals surface area (Å²) in [5, 5.41) is 19.9. The van der Waals surface area contributed by atoms with Gasteiger partial charge < -0.3 is 39.8 Å². The van der Waals surface area contributed by atoms with Gasteiger partial charge in [0.05, 0.1) is 54.8 Å². The summed E-state index contributed by atoms with van der Waals surface area (Å²) < 4.78 is 33.1. The fourth-order valence-corrected chi connectivity index (χ4v) is 8.91. The van der Waals surface area contributed by atoms with Crippen LogP contribution in [0, 0.1) is 24.6 Å². The third-order valence-corrected chi connectivity index (χ3v) is 12.7. The first-order chi connectivity index (χ1) is 31.7. The van der Waals surface area contributed by atoms with E-state index in [9.17, 15) is 43.5 Å². The Balaban J connectivity index is 0.848. The SMILES string of the molecule is CC[C@@]1(O)C(=O)OCc2c1cc1n(c2=O)Cc2c-1nc1cc(F)c(C)c3c1c2[C@@H](NC(=O)COCCC(=O)CNC(=O)CCC(=O)CNC(=O)CCC(=O)COC1C#CCCCCC1)CC3. The van der Waals surface area contributed by atoms with Gasteiger partial charge in [-0.1, -0.05) is 19.3 Å². The molecule has 1 unspecified atom stereocenters. The highest BCUT2D eigenvalue weighted by Gasteiger charge is 2.46. The van der Waals surface area contributed by atoms with E-state index in [4.69, 9.17) is 19.2 Å². The molecule has 2 aliphatic heterocycles. The van der Waals surface area contributed by atoms with E-state index in [0.717, 1.165) is 37.7 Å². The summed E-state index contributed by atoms with van der Waals surface area (Å²) in [5.74, 6) is 2.28. The van der Waals surface area contributed by atoms with Crippen molar-refractivity contribution >= 4 is 51.9 Å². The Kier molecular flexibility index (Phi) is 15.2. The molecule has 2 aliphatic carbocycles. The number of ketones is 3. The molecule has 0 saturated heterocycles. The number of hydrogen-bond donors (Lipinski definition) is 4. The number of amides is 3. The Morgan fingerprint density at radius 3 is 2.38 bits per heavy atom. The highest BCUT2D eigenvalue weighted by atomic mass is 19.1. The van der Waals surface area contributed by atoms with Crippen molar-refractivity contribution in [2.75, 3.05) is 32.9 Å². The summed E-state index contributed by atoms with van der Waals surface area (Å²) >= 11 is 0. The van der Waals surface area contributed by atoms with E-state index >= 15 is 4.39 Å². The van der Waals surface area contributed by atoms with Gasteiger partial charge in [-0.25, -0.2) is 14.2 Å². The topological polar surface area (TPSA) is 238 Å². The molecule has 2 aromatic heterocycles. The van der Waals surface area contributed by atoms with E-state index in [-0.39, 0.29) is 107 Å². The maximum absolute atomic E-state index is 15.3. The minimum Gasteiger partial charge on any atom is -0.458 e. The Morgan fingerprint density at radius 1 is 0.909 bits per heavy atom. The van der Waals surface area contributed by atoms with Gasteiger partial charge in [0.15, 0.2) is 23.0 Å². The first-order valence-corrected chi connectivity index (χ1v) is 22.6. The van der Waals surface area contributed by atoms with E-state index < -0.39 is 59.1 Å². The quantitative estimate of drug-likeness (QED) is 0.0568. The van der Waals surface area contributed by atoms with Gasteiger partial charge in [0, 0.05) is 61.1 Å². The van der Waals surface area contributed by atoms with Crippen LogP contribution in [0.1, 0.15) is 123 Å². The van der Waals surface area contributed by atoms with Crippen molar-refractivity contribution in [3.8, 4) is 23.2 Å². The molecule has 3 atom stereocenters. The van der Waals surface area contributed by atoms with Crippen molar-refractivity contribution < 1.29 is 57.3 Å². The van der Waals surface area contributed by atoms with Gasteiger partial charge in [-0.05, 0) is 68.2 Å². The fraction of sp³-hybridized carbons (Fsp3) is 0.521. The molecule has 3 aromatic rings. The van der Waals surface area contributed by atoms with Crippen LogP contribution in [0.3, 0.4) is 0 Å². The number of nitrogens with one attached hydrogen (secondary N) is 3. The van der Waals surface area contributed by atoms with Crippen molar-refractivity contribution in [1.82, 2.24) is 25.5 Å². The first kappa shape index (κ1) is 47.8. The molecule has 0 saturated carbocycles. The molecule has 4 heterocycles. The second kappa shape index (κ2) is 21.0. The Morgan fingerprint density at radius 2 is 1.64 bits per heavy atom. The maximum Gasteiger partial charge on any atom is 0.343 e. The maximum atomic E-state index is 15.3. The van der Waals surface area contributed by atoms with Crippen LogP contribution in [0.15, 0.2) is 16.9 Å². The van der Waals surface area contributed by atoms with Gasteiger partial charge in [-0.15, -0.1) is 5.92 Å². The molecule has 0 bridgehead atoms. The third-order valence-electron chi connectivity index (χ3n) is 12.7. The van der Waals surface area contributed by atoms with Crippen LogP contribution in [0.2, 0.25) is 0 Å². The predicted octanol–water partition coefficient (Wildman–Crippen LogP) is 2.89. The van der Waals surface area contributed by atoms with Gasteiger partial charge >= 0.3 is 5.97 Å². The summed E-state index contributed by atoms with van der Waals surface area (Å²) in [6.07, 6.45) is 4.61. The number of esters is 1. The number of pyridine rings is 2. The summed E-state index contributed by atoms with van der Waals surface area (Å²) in [6.45, 7) is 1.82. The van der Waals surface area contributed by atoms with Crippen LogP contribution in [-0.2, 0) is 72.9 Å². The number of ether oxygens (including phenoxy) is 3. The van der Waals surface area contributed by atoms with Gasteiger partial charge in [-0.2, -0.15) is 0 Å². The number of rotatable bonds is 20. The zero-order valence-electron chi connectivity index (χ0n) is 37.2. The van der Waals surface area contributed by atoms with Crippen molar-refractivity contribution in [1.29, 1.82) is 0 Å². The lowest BCUT2D eigenvalue weighted by Crippen LogP contribution is -2.44. The summed E-state index contributed by atoms with van der Waals surface area (Å²) in [7, 11) is 0. The number of Topliss-reactive ketones (excluding diaryl/α,β-unsaturated/α-hetero) is 3. The molecule has 66 heavy (non-hydrogen) atoms. The molecule has 350 valence electrons. The minimum atomic E-state index is -2.03. The number of aromatic nitrogens is 2. The third kappa shape index (κ3) is 10.6. The lowest BCUT2D eigenvalue weighted by atomic mass is 9.81. The molecule has 18 heteroatoms. The van der Waals surface area contributed by atoms with Crippen molar-refractivity contribution in [3.05, 3.63) is 61.7 Å². The number of aryl methyl sites for hydroxylation is 1. The van der Waals surface area contributed by atoms with Crippen LogP contribution in [0.4, 0.5) is 4.39 Å². The van der Waals surface area contributed by atoms with E-state index in [1.807, 2.05) is 0 Å². The first-order valence-electron chi connectivity index (χ1n) is 22.6. The normalized spacial score (nSPS) is 19.2. The van der Waals surface area contributed by atoms with E-state index in [0.29, 0.717) is 51.8 Å². The number of carbonyl (C=O) groups excluding carboxylic acids is 7. The molecular formula is C48H54FN5O12. The largest absolute Gasteiger partial charge is 0.458 e. The number of carbonyl (C=O) groups is 7. The number of halogens is 1. The van der Waals surface area contributed by atoms with Crippen LogP contribution in [-0.4, -0.2) is 94.7 Å². The van der Waals surface area contributed by atoms with Crippen molar-refractivity contribution in [2.45, 2.75) is 128 Å². The highest BCUT2D eigenvalue weighted by molar-refractivity contribution is 5.94. The lowest BCUT2D eigenvalue weighted by Gasteiger charge is -2.31. The molecule has 1 aromatic carbocycles. The Bertz CT molecular complexity index is 2610. The molecule has 3 amide bonds. The number of nitrogens with zero attached hydrogens (tertiary/aromatic N) is 2. The van der Waals surface area contributed by atoms with E-state index in [1.54, 1.807) is 19.9 Å². The standard InChI is InChI=1S/C48H54FN5O12/c1-3-48(63)35-19-39-45-33(23-54(39)46(61)34(35)25-66-47(48)62)44-37(14-13-32-27(2)36(49)20-38(53-45)43(32)44)52-42(60)26-64-18-17-29(56)22-51-40(58)15-11-28(55)21-50-41(59)16-12-30(57)24-65-31-9-7-5-4-6-8-10-31/h19-20,31,37,63H,3-7,9,11-18,21-26H2,1-2H3,(H,50,59)(H,51,58)(H,52,60)/t31?,37-,48-/m0/s1. The smallest absolute Gasteiger partial charge is 0.343 e. The number of benzene rings is 1. The van der Waals surface area contributed by atoms with E-state index in [2.05, 4.69) is 27.8 Å². The zero-order chi connectivity index (χ0) is 47.1. The molecule has 0 spiro atoms. The summed E-state index contributed by atoms with van der Waals surface area (Å²) in [4.78, 5) is 106. The van der Waals surface area contributed by atoms with Crippen molar-refractivity contribution in [3.63, 3.8) is 0 Å². The van der Waals surface area contributed by atoms with Gasteiger partial charge in [-0.3, -0.25) is 33.6 Å². The molecular weight excluding hydrogens is 858 g/mol. The zero-order valence-corrected chi connectivity index (χ0v) is 37.2. The van der Waals surface area contributed by atoms with Gasteiger partial charge in [0.1, 0.15) is 31.7 Å². The molecule has 4 aliphatic rings. The van der Waals surface area contributed by atoms with Gasteiger partial charge in [0.2, 0.25) is 17.7 Å². The second-order valence-electron chi connectivity index (χ2n) is 17.2. The van der Waals surface area contributed by atoms with Crippen LogP contribution >= 0.6 is 0 Å². The average Bonchev–Trinajstić information content (AvgIpc) is 3.66. The number of aliphatic hydroxyl groups is 1. The summed E-state index contributed by atoms with van der Waals surface area (Å²) in [6, 6.07) is 2.33. The average molecular weight is 912 g/mol. The van der Waals surface area contributed by atoms with Crippen LogP contribution < -0.4 is 21.5 Å².